The first-order chi connectivity index (χ1) is 19.5. The van der Waals surface area contributed by atoms with E-state index in [1.807, 2.05) is 48.7 Å². The van der Waals surface area contributed by atoms with Crippen molar-refractivity contribution in [3.05, 3.63) is 125 Å². The number of aromatic amines is 1. The molecule has 1 N–H and O–H groups in total. The maximum Gasteiger partial charge on any atom is 0.243 e. The molecule has 0 saturated carbocycles. The zero-order valence-corrected chi connectivity index (χ0v) is 23.4. The van der Waals surface area contributed by atoms with Gasteiger partial charge in [0, 0.05) is 26.3 Å². The quantitative estimate of drug-likeness (QED) is 0.248. The molecule has 1 aliphatic rings. The van der Waals surface area contributed by atoms with E-state index < -0.39 is 10.0 Å². The summed E-state index contributed by atoms with van der Waals surface area (Å²) in [4.78, 5) is 15.9. The number of sulfonamides is 1. The number of pyridine rings is 1. The molecule has 1 unspecified atom stereocenters. The van der Waals surface area contributed by atoms with Crippen LogP contribution in [0.25, 0.3) is 11.0 Å². The highest BCUT2D eigenvalue weighted by atomic mass is 32.2. The van der Waals surface area contributed by atoms with Crippen LogP contribution in [0.3, 0.4) is 0 Å². The summed E-state index contributed by atoms with van der Waals surface area (Å²) in [5.74, 6) is 0.939. The molecule has 0 spiro atoms. The molecule has 7 nitrogen and oxygen atoms in total. The standard InChI is InChI=1S/C32H33N5O2S/c1-36(40(38,39)27-11-3-2-4-12-27)21-24-16-18-25(19-17-24)22-37(23-31-34-28-13-5-6-14-29(28)35-31)30-15-7-9-26-10-8-20-33-32(26)30/h2-6,8,10-14,16-20,30H,7,9,15,21-23H2,1H3,(H,34,35). The molecule has 2 aromatic heterocycles. The van der Waals surface area contributed by atoms with Crippen molar-refractivity contribution in [2.45, 2.75) is 49.8 Å². The number of nitrogens with zero attached hydrogens (tertiary/aromatic N) is 4. The Morgan fingerprint density at radius 2 is 1.57 bits per heavy atom. The number of hydrogen-bond donors (Lipinski definition) is 1. The van der Waals surface area contributed by atoms with Crippen molar-refractivity contribution in [2.75, 3.05) is 7.05 Å². The largest absolute Gasteiger partial charge is 0.341 e. The molecule has 0 amide bonds. The highest BCUT2D eigenvalue weighted by Crippen LogP contribution is 2.34. The fraction of sp³-hybridized carbons (Fsp3) is 0.250. The summed E-state index contributed by atoms with van der Waals surface area (Å²) in [6, 6.07) is 29.4. The van der Waals surface area contributed by atoms with Gasteiger partial charge >= 0.3 is 0 Å². The van der Waals surface area contributed by atoms with Crippen molar-refractivity contribution < 1.29 is 8.42 Å². The van der Waals surface area contributed by atoms with Crippen molar-refractivity contribution >= 4 is 21.1 Å². The molecule has 3 aromatic carbocycles. The molecule has 0 aliphatic heterocycles. The van der Waals surface area contributed by atoms with E-state index >= 15 is 0 Å². The Balaban J connectivity index is 1.23. The van der Waals surface area contributed by atoms with E-state index in [1.165, 1.54) is 9.87 Å². The smallest absolute Gasteiger partial charge is 0.243 e. The van der Waals surface area contributed by atoms with Crippen molar-refractivity contribution in [2.24, 2.45) is 0 Å². The molecule has 0 radical (unpaired) electrons. The monoisotopic (exact) mass is 551 g/mol. The molecule has 8 heteroatoms. The minimum atomic E-state index is -3.55. The van der Waals surface area contributed by atoms with Crippen molar-refractivity contribution in [1.29, 1.82) is 0 Å². The number of nitrogens with one attached hydrogen (secondary N) is 1. The second-order valence-corrected chi connectivity index (χ2v) is 12.5. The number of H-pyrrole nitrogens is 1. The molecule has 0 fully saturated rings. The molecule has 0 saturated heterocycles. The minimum Gasteiger partial charge on any atom is -0.341 e. The Morgan fingerprint density at radius 1 is 0.850 bits per heavy atom. The lowest BCUT2D eigenvalue weighted by molar-refractivity contribution is 0.153. The second kappa shape index (κ2) is 11.3. The molecule has 5 aromatic rings. The second-order valence-electron chi connectivity index (χ2n) is 10.5. The van der Waals surface area contributed by atoms with E-state index in [1.54, 1.807) is 31.3 Å². The lowest BCUT2D eigenvalue weighted by atomic mass is 9.90. The number of aryl methyl sites for hydroxylation is 1. The fourth-order valence-electron chi connectivity index (χ4n) is 5.59. The summed E-state index contributed by atoms with van der Waals surface area (Å²) in [7, 11) is -1.92. The van der Waals surface area contributed by atoms with Gasteiger partial charge in [-0.2, -0.15) is 4.31 Å². The van der Waals surface area contributed by atoms with Crippen LogP contribution in [0.1, 0.15) is 47.1 Å². The Hall–Kier alpha value is -3.85. The van der Waals surface area contributed by atoms with E-state index in [-0.39, 0.29) is 6.04 Å². The Labute approximate surface area is 235 Å². The highest BCUT2D eigenvalue weighted by Gasteiger charge is 2.28. The first kappa shape index (κ1) is 26.4. The lowest BCUT2D eigenvalue weighted by Gasteiger charge is -2.34. The molecule has 1 atom stereocenters. The van der Waals surface area contributed by atoms with Gasteiger partial charge in [0.15, 0.2) is 0 Å². The van der Waals surface area contributed by atoms with Gasteiger partial charge in [-0.1, -0.05) is 60.7 Å². The Morgan fingerprint density at radius 3 is 2.35 bits per heavy atom. The summed E-state index contributed by atoms with van der Waals surface area (Å²) in [6.45, 7) is 1.71. The highest BCUT2D eigenvalue weighted by molar-refractivity contribution is 7.89. The molecule has 40 heavy (non-hydrogen) atoms. The fourth-order valence-corrected chi connectivity index (χ4v) is 6.77. The van der Waals surface area contributed by atoms with E-state index in [0.29, 0.717) is 18.0 Å². The van der Waals surface area contributed by atoms with E-state index in [4.69, 9.17) is 9.97 Å². The SMILES string of the molecule is CN(Cc1ccc(CN(Cc2nc3ccccc3[nH]2)C2CCCc3cccnc32)cc1)S(=O)(=O)c1ccccc1. The number of benzene rings is 3. The van der Waals surface area contributed by atoms with Gasteiger partial charge in [0.05, 0.1) is 34.2 Å². The molecular formula is C32H33N5O2S. The number of imidazole rings is 1. The van der Waals surface area contributed by atoms with Gasteiger partial charge in [-0.25, -0.2) is 13.4 Å². The maximum atomic E-state index is 13.0. The van der Waals surface area contributed by atoms with Crippen LogP contribution in [0.2, 0.25) is 0 Å². The number of fused-ring (bicyclic) bond motifs is 2. The first-order valence-corrected chi connectivity index (χ1v) is 15.1. The Kier molecular flexibility index (Phi) is 7.47. The summed E-state index contributed by atoms with van der Waals surface area (Å²) in [6.07, 6.45) is 5.13. The summed E-state index contributed by atoms with van der Waals surface area (Å²) in [5, 5.41) is 0. The summed E-state index contributed by atoms with van der Waals surface area (Å²) in [5.41, 5.74) is 6.61. The molecular weight excluding hydrogens is 518 g/mol. The average Bonchev–Trinajstić information content (AvgIpc) is 3.40. The normalized spacial score (nSPS) is 15.5. The third-order valence-corrected chi connectivity index (χ3v) is 9.48. The average molecular weight is 552 g/mol. The van der Waals surface area contributed by atoms with E-state index in [0.717, 1.165) is 59.5 Å². The van der Waals surface area contributed by atoms with Crippen molar-refractivity contribution in [3.63, 3.8) is 0 Å². The predicted octanol–water partition coefficient (Wildman–Crippen LogP) is 5.86. The zero-order chi connectivity index (χ0) is 27.5. The van der Waals surface area contributed by atoms with Crippen LogP contribution >= 0.6 is 0 Å². The third kappa shape index (κ3) is 5.56. The number of aromatic nitrogens is 3. The van der Waals surface area contributed by atoms with Gasteiger partial charge in [0.25, 0.3) is 0 Å². The number of rotatable bonds is 9. The van der Waals surface area contributed by atoms with Crippen LogP contribution in [0.4, 0.5) is 0 Å². The van der Waals surface area contributed by atoms with Gasteiger partial charge in [-0.3, -0.25) is 9.88 Å². The first-order valence-electron chi connectivity index (χ1n) is 13.7. The molecule has 6 rings (SSSR count). The maximum absolute atomic E-state index is 13.0. The molecule has 0 bridgehead atoms. The van der Waals surface area contributed by atoms with Crippen LogP contribution in [-0.2, 0) is 36.1 Å². The summed E-state index contributed by atoms with van der Waals surface area (Å²) < 4.78 is 27.3. The predicted molar refractivity (Wildman–Crippen MR) is 157 cm³/mol. The van der Waals surface area contributed by atoms with Crippen LogP contribution in [0.5, 0.6) is 0 Å². The molecule has 2 heterocycles. The van der Waals surface area contributed by atoms with Crippen LogP contribution in [-0.4, -0.2) is 39.6 Å². The van der Waals surface area contributed by atoms with Crippen LogP contribution in [0, 0.1) is 0 Å². The topological polar surface area (TPSA) is 82.2 Å². The van der Waals surface area contributed by atoms with E-state index in [2.05, 4.69) is 34.1 Å². The van der Waals surface area contributed by atoms with Gasteiger partial charge < -0.3 is 4.98 Å². The lowest BCUT2D eigenvalue weighted by Crippen LogP contribution is -2.31. The van der Waals surface area contributed by atoms with E-state index in [9.17, 15) is 8.42 Å². The minimum absolute atomic E-state index is 0.194. The van der Waals surface area contributed by atoms with Gasteiger partial charge in [0.1, 0.15) is 5.82 Å². The van der Waals surface area contributed by atoms with Gasteiger partial charge in [-0.15, -0.1) is 0 Å². The molecule has 204 valence electrons. The van der Waals surface area contributed by atoms with Crippen LogP contribution in [0.15, 0.2) is 102 Å². The molecule has 1 aliphatic carbocycles. The number of para-hydroxylation sites is 2. The number of hydrogen-bond acceptors (Lipinski definition) is 5. The summed E-state index contributed by atoms with van der Waals surface area (Å²) >= 11 is 0. The Bertz CT molecular complexity index is 1670. The van der Waals surface area contributed by atoms with Crippen molar-refractivity contribution in [1.82, 2.24) is 24.2 Å². The third-order valence-electron chi connectivity index (χ3n) is 7.66. The van der Waals surface area contributed by atoms with Crippen molar-refractivity contribution in [3.8, 4) is 0 Å². The van der Waals surface area contributed by atoms with Gasteiger partial charge in [0.2, 0.25) is 10.0 Å². The van der Waals surface area contributed by atoms with Gasteiger partial charge in [-0.05, 0) is 66.3 Å². The zero-order valence-electron chi connectivity index (χ0n) is 22.6. The van der Waals surface area contributed by atoms with Crippen LogP contribution < -0.4 is 0 Å².